The van der Waals surface area contributed by atoms with Gasteiger partial charge < -0.3 is 10.2 Å². The Labute approximate surface area is 298 Å². The Morgan fingerprint density at radius 3 is 1.74 bits per heavy atom. The van der Waals surface area contributed by atoms with Crippen LogP contribution in [0.2, 0.25) is 0 Å². The van der Waals surface area contributed by atoms with E-state index >= 15 is 4.21 Å². The fourth-order valence-corrected chi connectivity index (χ4v) is 8.91. The van der Waals surface area contributed by atoms with E-state index in [1.807, 2.05) is 72.8 Å². The van der Waals surface area contributed by atoms with Crippen molar-refractivity contribution in [1.82, 2.24) is 20.4 Å². The molecule has 9 nitrogen and oxygen atoms in total. The van der Waals surface area contributed by atoms with Crippen LogP contribution in [-0.2, 0) is 21.6 Å². The number of rotatable bonds is 8. The molecule has 2 unspecified atom stereocenters. The summed E-state index contributed by atoms with van der Waals surface area (Å²) in [6.07, 6.45) is 9.46. The molecule has 10 heteroatoms. The average molecular weight is 695 g/mol. The number of allylic oxidation sites excluding steroid dienone is 2. The zero-order valence-corrected chi connectivity index (χ0v) is 31.7. The van der Waals surface area contributed by atoms with E-state index in [0.29, 0.717) is 22.4 Å². The van der Waals surface area contributed by atoms with Crippen molar-refractivity contribution in [3.8, 4) is 17.2 Å². The van der Waals surface area contributed by atoms with Crippen LogP contribution >= 0.6 is 0 Å². The summed E-state index contributed by atoms with van der Waals surface area (Å²) in [4.78, 5) is 1.78. The van der Waals surface area contributed by atoms with E-state index in [9.17, 15) is 10.2 Å². The summed E-state index contributed by atoms with van der Waals surface area (Å²) >= 11 is 0. The second kappa shape index (κ2) is 12.5. The van der Waals surface area contributed by atoms with Crippen molar-refractivity contribution in [2.45, 2.75) is 109 Å². The quantitative estimate of drug-likeness (QED) is 0.169. The van der Waals surface area contributed by atoms with Gasteiger partial charge >= 0.3 is 0 Å². The number of anilines is 1. The molecule has 50 heavy (non-hydrogen) atoms. The van der Waals surface area contributed by atoms with Gasteiger partial charge in [0.05, 0.1) is 32.3 Å². The van der Waals surface area contributed by atoms with Gasteiger partial charge in [-0.3, -0.25) is 0 Å². The van der Waals surface area contributed by atoms with E-state index in [1.54, 1.807) is 5.12 Å². The lowest BCUT2D eigenvalue weighted by atomic mass is 9.72. The molecular weight excluding hydrogens is 645 g/mol. The summed E-state index contributed by atoms with van der Waals surface area (Å²) in [7, 11) is -2.03. The van der Waals surface area contributed by atoms with Crippen molar-refractivity contribution in [3.63, 3.8) is 0 Å². The van der Waals surface area contributed by atoms with Gasteiger partial charge in [-0.05, 0) is 88.1 Å². The monoisotopic (exact) mass is 694 g/mol. The van der Waals surface area contributed by atoms with E-state index in [-0.39, 0.29) is 49.0 Å². The van der Waals surface area contributed by atoms with Gasteiger partial charge in [0, 0.05) is 0 Å². The third-order valence-electron chi connectivity index (χ3n) is 9.22. The van der Waals surface area contributed by atoms with Crippen LogP contribution < -0.4 is 10.5 Å². The first-order valence-corrected chi connectivity index (χ1v) is 18.4. The minimum atomic E-state index is -2.03. The topological polar surface area (TPSA) is 116 Å². The second-order valence-corrected chi connectivity index (χ2v) is 18.8. The number of hydrogen-bond acceptors (Lipinski definition) is 8. The molecule has 2 atom stereocenters. The number of aromatic nitrogens is 3. The van der Waals surface area contributed by atoms with E-state index in [1.165, 1.54) is 4.80 Å². The zero-order chi connectivity index (χ0) is 36.4. The molecular formula is C40H50N6O3S. The van der Waals surface area contributed by atoms with Crippen molar-refractivity contribution in [3.05, 3.63) is 84.0 Å². The molecule has 0 spiro atoms. The van der Waals surface area contributed by atoms with Crippen molar-refractivity contribution in [2.24, 2.45) is 15.9 Å². The molecule has 4 aromatic rings. The Bertz CT molecular complexity index is 2040. The lowest BCUT2D eigenvalue weighted by molar-refractivity contribution is 0.283. The molecule has 0 bridgehead atoms. The van der Waals surface area contributed by atoms with Gasteiger partial charge in [0.15, 0.2) is 11.5 Å². The van der Waals surface area contributed by atoms with Crippen molar-refractivity contribution >= 4 is 33.2 Å². The molecule has 2 heterocycles. The summed E-state index contributed by atoms with van der Waals surface area (Å²) < 4.78 is 15.0. The van der Waals surface area contributed by atoms with Gasteiger partial charge in [0.2, 0.25) is 0 Å². The highest BCUT2D eigenvalue weighted by molar-refractivity contribution is 7.85. The lowest BCUT2D eigenvalue weighted by Gasteiger charge is -2.34. The molecule has 0 saturated carbocycles. The van der Waals surface area contributed by atoms with Crippen LogP contribution in [0.4, 0.5) is 5.69 Å². The minimum absolute atomic E-state index is 0.00202. The molecule has 0 saturated heterocycles. The van der Waals surface area contributed by atoms with E-state index in [2.05, 4.69) is 84.9 Å². The number of hydrazine groups is 1. The van der Waals surface area contributed by atoms with Crippen molar-refractivity contribution in [2.75, 3.05) is 5.12 Å². The largest absolute Gasteiger partial charge is 0.504 e. The Kier molecular flexibility index (Phi) is 8.88. The van der Waals surface area contributed by atoms with Crippen LogP contribution in [0.3, 0.4) is 0 Å². The van der Waals surface area contributed by atoms with Gasteiger partial charge in [0.25, 0.3) is 0 Å². The molecule has 3 aromatic carbocycles. The molecule has 0 radical (unpaired) electrons. The van der Waals surface area contributed by atoms with Crippen LogP contribution in [0.25, 0.3) is 16.7 Å². The third kappa shape index (κ3) is 7.14. The predicted molar refractivity (Wildman–Crippen MR) is 203 cm³/mol. The summed E-state index contributed by atoms with van der Waals surface area (Å²) in [6.45, 7) is 21.8. The maximum atomic E-state index is 15.0. The summed E-state index contributed by atoms with van der Waals surface area (Å²) in [5.41, 5.74) is 7.26. The second-order valence-electron chi connectivity index (χ2n) is 17.4. The number of hydrazone groups is 1. The number of fused-ring (bicyclic) bond motifs is 2. The molecule has 3 N–H and O–H groups in total. The van der Waals surface area contributed by atoms with Gasteiger partial charge in [-0.1, -0.05) is 99.6 Å². The predicted octanol–water partition coefficient (Wildman–Crippen LogP) is 8.60. The van der Waals surface area contributed by atoms with Crippen LogP contribution in [0, 0.1) is 10.8 Å². The first kappa shape index (κ1) is 35.5. The Balaban J connectivity index is 1.56. The van der Waals surface area contributed by atoms with Gasteiger partial charge in [-0.2, -0.15) is 15.6 Å². The average Bonchev–Trinajstić information content (AvgIpc) is 3.63. The molecule has 1 aliphatic carbocycles. The van der Waals surface area contributed by atoms with Gasteiger partial charge in [0.1, 0.15) is 22.4 Å². The number of phenols is 2. The normalized spacial score (nSPS) is 17.4. The Hall–Kier alpha value is -4.28. The molecule has 264 valence electrons. The Morgan fingerprint density at radius 1 is 0.740 bits per heavy atom. The van der Waals surface area contributed by atoms with E-state index in [4.69, 9.17) is 5.10 Å². The first-order chi connectivity index (χ1) is 23.2. The van der Waals surface area contributed by atoms with Crippen molar-refractivity contribution < 1.29 is 14.4 Å². The minimum Gasteiger partial charge on any atom is -0.504 e. The molecule has 1 aromatic heterocycles. The maximum Gasteiger partial charge on any atom is 0.159 e. The number of nitrogens with one attached hydrogen (secondary N) is 1. The number of phenolic OH excluding ortho intramolecular Hbond substituents is 2. The summed E-state index contributed by atoms with van der Waals surface area (Å²) in [5.74, 6) is -0.384. The molecule has 0 fully saturated rings. The fourth-order valence-electron chi connectivity index (χ4n) is 7.64. The Morgan fingerprint density at radius 2 is 1.24 bits per heavy atom. The number of benzene rings is 3. The smallest absolute Gasteiger partial charge is 0.159 e. The highest BCUT2D eigenvalue weighted by Crippen LogP contribution is 2.46. The molecule has 2 aliphatic rings. The number of hydrogen-bond donors (Lipinski definition) is 3. The van der Waals surface area contributed by atoms with E-state index < -0.39 is 10.8 Å². The van der Waals surface area contributed by atoms with Crippen LogP contribution in [-0.4, -0.2) is 41.2 Å². The maximum absolute atomic E-state index is 15.0. The van der Waals surface area contributed by atoms with Crippen LogP contribution in [0.1, 0.15) is 93.2 Å². The number of nitrogens with zero attached hydrogens (tertiary/aromatic N) is 5. The standard InChI is InChI=1S/C40H50N6O3S/c1-37(2,3)23-39(7,8)25-19-31(45-41-27-15-11-12-16-28(27)42-45)35(47)33(21-25)50(49)34-22-26(40(9,10)24-38(4,5)6)20-32(36(34)48)46-43-29-17-13-14-18-30(29)44-46/h11-22,27,41,47-48H,23-24H2,1-10H3. The fraction of sp³-hybridized carbons (Fsp3) is 0.425. The highest BCUT2D eigenvalue weighted by Gasteiger charge is 2.35. The first-order valence-electron chi connectivity index (χ1n) is 17.2. The molecule has 1 aliphatic heterocycles. The lowest BCUT2D eigenvalue weighted by Crippen LogP contribution is -2.37. The van der Waals surface area contributed by atoms with E-state index in [0.717, 1.165) is 29.7 Å². The van der Waals surface area contributed by atoms with Crippen molar-refractivity contribution in [1.29, 1.82) is 0 Å². The number of aromatic hydroxyl groups is 2. The van der Waals surface area contributed by atoms with Crippen LogP contribution in [0.5, 0.6) is 11.5 Å². The van der Waals surface area contributed by atoms with Crippen LogP contribution in [0.15, 0.2) is 87.7 Å². The summed E-state index contributed by atoms with van der Waals surface area (Å²) in [5, 5.41) is 39.6. The summed E-state index contributed by atoms with van der Waals surface area (Å²) in [6, 6.07) is 14.8. The molecule has 6 rings (SSSR count). The third-order valence-corrected chi connectivity index (χ3v) is 10.6. The highest BCUT2D eigenvalue weighted by atomic mass is 32.2. The van der Waals surface area contributed by atoms with Gasteiger partial charge in [-0.15, -0.1) is 15.0 Å². The molecule has 0 amide bonds. The SMILES string of the molecule is CC(C)(C)CC(C)(C)c1cc(N2N=C3C=CC=CC3N2)c(O)c(S(=O)c2cc(C(C)(C)CC(C)(C)C)cc(-n3nc4ccccc4n3)c2O)c1. The zero-order valence-electron chi connectivity index (χ0n) is 30.9. The van der Waals surface area contributed by atoms with Gasteiger partial charge in [-0.25, -0.2) is 4.21 Å².